The van der Waals surface area contributed by atoms with Crippen LogP contribution in [0.25, 0.3) is 0 Å². The van der Waals surface area contributed by atoms with E-state index in [1.165, 1.54) is 7.11 Å². The molecule has 0 saturated carbocycles. The molecule has 5 heteroatoms. The summed E-state index contributed by atoms with van der Waals surface area (Å²) >= 11 is 0. The summed E-state index contributed by atoms with van der Waals surface area (Å²) in [5.41, 5.74) is -0.940. The second-order valence-corrected chi connectivity index (χ2v) is 2.98. The summed E-state index contributed by atoms with van der Waals surface area (Å²) in [4.78, 5) is 21.6. The molecule has 5 nitrogen and oxygen atoms in total. The predicted molar refractivity (Wildman–Crippen MR) is 37.4 cm³/mol. The highest BCUT2D eigenvalue weighted by molar-refractivity contribution is 5.81. The SMILES string of the molecule is COC(=O)C1OC(=O)OC1(C)C. The molecule has 1 aliphatic rings. The highest BCUT2D eigenvalue weighted by Crippen LogP contribution is 2.26. The van der Waals surface area contributed by atoms with Crippen LogP contribution in [0.15, 0.2) is 0 Å². The molecule has 0 spiro atoms. The van der Waals surface area contributed by atoms with E-state index in [4.69, 9.17) is 4.74 Å². The third-order valence-electron chi connectivity index (χ3n) is 1.61. The molecule has 1 unspecified atom stereocenters. The number of carbonyl (C=O) groups is 2. The van der Waals surface area contributed by atoms with Gasteiger partial charge < -0.3 is 14.2 Å². The van der Waals surface area contributed by atoms with Gasteiger partial charge in [-0.05, 0) is 13.8 Å². The Morgan fingerprint density at radius 1 is 1.58 bits per heavy atom. The molecule has 12 heavy (non-hydrogen) atoms. The first-order valence-corrected chi connectivity index (χ1v) is 3.45. The Morgan fingerprint density at radius 2 is 2.17 bits per heavy atom. The number of esters is 1. The van der Waals surface area contributed by atoms with Crippen LogP contribution >= 0.6 is 0 Å². The van der Waals surface area contributed by atoms with Crippen molar-refractivity contribution >= 4 is 12.1 Å². The normalized spacial score (nSPS) is 25.9. The van der Waals surface area contributed by atoms with Crippen molar-refractivity contribution in [2.24, 2.45) is 0 Å². The third kappa shape index (κ3) is 1.34. The summed E-state index contributed by atoms with van der Waals surface area (Å²) in [6.45, 7) is 3.17. The largest absolute Gasteiger partial charge is 0.509 e. The van der Waals surface area contributed by atoms with Gasteiger partial charge in [-0.1, -0.05) is 0 Å². The maximum absolute atomic E-state index is 11.0. The van der Waals surface area contributed by atoms with Gasteiger partial charge in [-0.15, -0.1) is 0 Å². The first-order valence-electron chi connectivity index (χ1n) is 3.45. The van der Waals surface area contributed by atoms with Crippen LogP contribution in [0, 0.1) is 0 Å². The number of methoxy groups -OCH3 is 1. The van der Waals surface area contributed by atoms with E-state index in [-0.39, 0.29) is 0 Å². The molecule has 68 valence electrons. The Kier molecular flexibility index (Phi) is 1.95. The molecule has 0 aromatic carbocycles. The van der Waals surface area contributed by atoms with E-state index in [1.807, 2.05) is 0 Å². The van der Waals surface area contributed by atoms with Gasteiger partial charge in [0, 0.05) is 0 Å². The lowest BCUT2D eigenvalue weighted by Gasteiger charge is -2.18. The molecule has 0 amide bonds. The Morgan fingerprint density at radius 3 is 2.50 bits per heavy atom. The van der Waals surface area contributed by atoms with Crippen LogP contribution in [0.1, 0.15) is 13.8 Å². The van der Waals surface area contributed by atoms with Crippen molar-refractivity contribution in [1.82, 2.24) is 0 Å². The summed E-state index contributed by atoms with van der Waals surface area (Å²) in [7, 11) is 1.23. The minimum Gasteiger partial charge on any atom is -0.466 e. The minimum absolute atomic E-state index is 0.606. The van der Waals surface area contributed by atoms with Gasteiger partial charge >= 0.3 is 12.1 Å². The summed E-state index contributed by atoms with van der Waals surface area (Å²) in [5.74, 6) is -0.606. The fraction of sp³-hybridized carbons (Fsp3) is 0.714. The Hall–Kier alpha value is -1.26. The van der Waals surface area contributed by atoms with Crippen LogP contribution in [0.5, 0.6) is 0 Å². The minimum atomic E-state index is -0.963. The van der Waals surface area contributed by atoms with Gasteiger partial charge in [-0.3, -0.25) is 0 Å². The average molecular weight is 174 g/mol. The number of cyclic esters (lactones) is 2. The first kappa shape index (κ1) is 8.83. The van der Waals surface area contributed by atoms with E-state index in [1.54, 1.807) is 13.8 Å². The van der Waals surface area contributed by atoms with Gasteiger partial charge in [0.1, 0.15) is 0 Å². The van der Waals surface area contributed by atoms with Crippen LogP contribution in [-0.4, -0.2) is 30.9 Å². The number of ether oxygens (including phenoxy) is 3. The lowest BCUT2D eigenvalue weighted by molar-refractivity contribution is -0.152. The quantitative estimate of drug-likeness (QED) is 0.541. The topological polar surface area (TPSA) is 61.8 Å². The molecule has 1 rings (SSSR count). The van der Waals surface area contributed by atoms with E-state index in [2.05, 4.69) is 9.47 Å². The van der Waals surface area contributed by atoms with Gasteiger partial charge in [0.25, 0.3) is 0 Å². The lowest BCUT2D eigenvalue weighted by atomic mass is 10.0. The van der Waals surface area contributed by atoms with Gasteiger partial charge in [0.15, 0.2) is 5.60 Å². The zero-order valence-electron chi connectivity index (χ0n) is 7.12. The van der Waals surface area contributed by atoms with Crippen LogP contribution in [0.3, 0.4) is 0 Å². The third-order valence-corrected chi connectivity index (χ3v) is 1.61. The number of hydrogen-bond acceptors (Lipinski definition) is 5. The van der Waals surface area contributed by atoms with Gasteiger partial charge in [-0.2, -0.15) is 0 Å². The summed E-state index contributed by atoms with van der Waals surface area (Å²) < 4.78 is 13.7. The molecule has 0 radical (unpaired) electrons. The maximum Gasteiger partial charge on any atom is 0.509 e. The highest BCUT2D eigenvalue weighted by atomic mass is 16.8. The predicted octanol–water partition coefficient (Wildman–Crippen LogP) is 0.473. The highest BCUT2D eigenvalue weighted by Gasteiger charge is 2.49. The fourth-order valence-corrected chi connectivity index (χ4v) is 0.969. The van der Waals surface area contributed by atoms with Gasteiger partial charge in [-0.25, -0.2) is 9.59 Å². The van der Waals surface area contributed by atoms with E-state index in [0.717, 1.165) is 0 Å². The second-order valence-electron chi connectivity index (χ2n) is 2.98. The van der Waals surface area contributed by atoms with Crippen molar-refractivity contribution in [1.29, 1.82) is 0 Å². The average Bonchev–Trinajstić information content (AvgIpc) is 2.23. The maximum atomic E-state index is 11.0. The zero-order chi connectivity index (χ0) is 9.35. The molecule has 1 atom stereocenters. The molecule has 1 aliphatic heterocycles. The van der Waals surface area contributed by atoms with E-state index in [9.17, 15) is 9.59 Å². The lowest BCUT2D eigenvalue weighted by Crippen LogP contribution is -2.39. The molecule has 0 N–H and O–H groups in total. The van der Waals surface area contributed by atoms with Gasteiger partial charge in [0.2, 0.25) is 6.10 Å². The Bertz CT molecular complexity index is 220. The van der Waals surface area contributed by atoms with Crippen molar-refractivity contribution in [2.75, 3.05) is 7.11 Å². The van der Waals surface area contributed by atoms with Gasteiger partial charge in [0.05, 0.1) is 7.11 Å². The standard InChI is InChI=1S/C7H10O5/c1-7(2)4(5(8)10-3)11-6(9)12-7/h4H,1-3H3. The van der Waals surface area contributed by atoms with Crippen molar-refractivity contribution in [3.05, 3.63) is 0 Å². The Balaban J connectivity index is 2.78. The molecule has 1 heterocycles. The van der Waals surface area contributed by atoms with Crippen molar-refractivity contribution in [3.8, 4) is 0 Å². The van der Waals surface area contributed by atoms with Crippen LogP contribution in [0.2, 0.25) is 0 Å². The fourth-order valence-electron chi connectivity index (χ4n) is 0.969. The summed E-state index contributed by atoms with van der Waals surface area (Å²) in [6.07, 6.45) is -1.80. The van der Waals surface area contributed by atoms with E-state index in [0.29, 0.717) is 0 Å². The van der Waals surface area contributed by atoms with Crippen molar-refractivity contribution in [3.63, 3.8) is 0 Å². The zero-order valence-corrected chi connectivity index (χ0v) is 7.12. The summed E-state index contributed by atoms with van der Waals surface area (Å²) in [6, 6.07) is 0. The molecule has 0 aromatic rings. The Labute approximate surface area is 69.6 Å². The van der Waals surface area contributed by atoms with Crippen LogP contribution in [0.4, 0.5) is 4.79 Å². The molecule has 0 bridgehead atoms. The molecule has 0 aliphatic carbocycles. The van der Waals surface area contributed by atoms with Crippen LogP contribution in [-0.2, 0) is 19.0 Å². The number of rotatable bonds is 1. The molecular formula is C7H10O5. The monoisotopic (exact) mass is 174 g/mol. The molecular weight excluding hydrogens is 164 g/mol. The van der Waals surface area contributed by atoms with Crippen molar-refractivity contribution < 1.29 is 23.8 Å². The van der Waals surface area contributed by atoms with E-state index >= 15 is 0 Å². The molecule has 1 fully saturated rings. The molecule has 0 aromatic heterocycles. The second kappa shape index (κ2) is 2.66. The molecule has 1 saturated heterocycles. The van der Waals surface area contributed by atoms with E-state index < -0.39 is 23.8 Å². The smallest absolute Gasteiger partial charge is 0.466 e. The summed E-state index contributed by atoms with van der Waals surface area (Å²) in [5, 5.41) is 0. The van der Waals surface area contributed by atoms with Crippen molar-refractivity contribution in [2.45, 2.75) is 25.6 Å². The van der Waals surface area contributed by atoms with Crippen LogP contribution < -0.4 is 0 Å². The first-order chi connectivity index (χ1) is 5.47. The number of carbonyl (C=O) groups excluding carboxylic acids is 2. The number of hydrogen-bond donors (Lipinski definition) is 0.